The second-order valence-electron chi connectivity index (χ2n) is 3.54. The van der Waals surface area contributed by atoms with Crippen molar-refractivity contribution in [3.05, 3.63) is 0 Å². The molecule has 1 aliphatic rings. The van der Waals surface area contributed by atoms with Crippen LogP contribution < -0.4 is 5.73 Å². The molecular formula is C9H17NO3S. The fourth-order valence-corrected chi connectivity index (χ4v) is 2.55. The van der Waals surface area contributed by atoms with Crippen LogP contribution in [0.15, 0.2) is 0 Å². The number of carboxylic acids is 1. The maximum absolute atomic E-state index is 10.4. The standard InChI is InChI=1S/C9H17NO3S/c10-8(9(11)12)6-14-5-7-1-3-13-4-2-7/h7-8H,1-6,10H2,(H,11,12). The SMILES string of the molecule is NC(CSCC1CCOCC1)C(=O)O. The molecule has 0 spiro atoms. The van der Waals surface area contributed by atoms with Gasteiger partial charge in [-0.15, -0.1) is 0 Å². The van der Waals surface area contributed by atoms with Crippen LogP contribution in [0.25, 0.3) is 0 Å². The van der Waals surface area contributed by atoms with Crippen LogP contribution in [-0.4, -0.2) is 41.8 Å². The molecule has 0 aromatic rings. The summed E-state index contributed by atoms with van der Waals surface area (Å²) in [5.74, 6) is 1.27. The minimum atomic E-state index is -0.913. The van der Waals surface area contributed by atoms with E-state index in [0.717, 1.165) is 31.8 Å². The van der Waals surface area contributed by atoms with Crippen molar-refractivity contribution in [1.29, 1.82) is 0 Å². The highest BCUT2D eigenvalue weighted by Gasteiger charge is 2.16. The summed E-state index contributed by atoms with van der Waals surface area (Å²) in [6.45, 7) is 1.69. The van der Waals surface area contributed by atoms with Crippen LogP contribution in [-0.2, 0) is 9.53 Å². The minimum Gasteiger partial charge on any atom is -0.480 e. The molecule has 5 heteroatoms. The van der Waals surface area contributed by atoms with Gasteiger partial charge in [0.1, 0.15) is 6.04 Å². The topological polar surface area (TPSA) is 72.5 Å². The molecule has 14 heavy (non-hydrogen) atoms. The predicted molar refractivity (Wildman–Crippen MR) is 56.5 cm³/mol. The van der Waals surface area contributed by atoms with Gasteiger partial charge in [-0.1, -0.05) is 0 Å². The van der Waals surface area contributed by atoms with Crippen LogP contribution in [0.2, 0.25) is 0 Å². The summed E-state index contributed by atoms with van der Waals surface area (Å²) in [5.41, 5.74) is 5.39. The van der Waals surface area contributed by atoms with Gasteiger partial charge in [0.15, 0.2) is 0 Å². The number of ether oxygens (including phenoxy) is 1. The molecule has 82 valence electrons. The normalized spacial score (nSPS) is 20.6. The lowest BCUT2D eigenvalue weighted by Crippen LogP contribution is -2.33. The van der Waals surface area contributed by atoms with Gasteiger partial charge >= 0.3 is 5.97 Å². The summed E-state index contributed by atoms with van der Waals surface area (Å²) in [5, 5.41) is 8.56. The first kappa shape index (κ1) is 11.8. The minimum absolute atomic E-state index is 0.507. The Morgan fingerprint density at radius 2 is 2.21 bits per heavy atom. The Morgan fingerprint density at radius 1 is 1.57 bits per heavy atom. The number of carbonyl (C=O) groups is 1. The molecule has 0 bridgehead atoms. The van der Waals surface area contributed by atoms with E-state index in [1.807, 2.05) is 0 Å². The number of rotatable bonds is 5. The summed E-state index contributed by atoms with van der Waals surface area (Å²) < 4.78 is 5.24. The molecule has 1 rings (SSSR count). The van der Waals surface area contributed by atoms with E-state index in [9.17, 15) is 4.79 Å². The molecule has 0 aromatic heterocycles. The van der Waals surface area contributed by atoms with Crippen LogP contribution in [0.5, 0.6) is 0 Å². The van der Waals surface area contributed by atoms with Crippen molar-refractivity contribution in [3.63, 3.8) is 0 Å². The molecule has 0 aromatic carbocycles. The Hall–Kier alpha value is -0.260. The third kappa shape index (κ3) is 4.30. The highest BCUT2D eigenvalue weighted by atomic mass is 32.2. The summed E-state index contributed by atoms with van der Waals surface area (Å²) in [6.07, 6.45) is 2.19. The summed E-state index contributed by atoms with van der Waals surface area (Å²) in [6, 6.07) is -0.722. The van der Waals surface area contributed by atoms with Crippen molar-refractivity contribution in [2.45, 2.75) is 18.9 Å². The van der Waals surface area contributed by atoms with Crippen LogP contribution in [0, 0.1) is 5.92 Å². The highest BCUT2D eigenvalue weighted by molar-refractivity contribution is 7.99. The first-order valence-electron chi connectivity index (χ1n) is 4.84. The second-order valence-corrected chi connectivity index (χ2v) is 4.61. The summed E-state index contributed by atoms with van der Waals surface area (Å²) >= 11 is 1.63. The molecule has 0 amide bonds. The monoisotopic (exact) mass is 219 g/mol. The second kappa shape index (κ2) is 6.27. The number of carboxylic acid groups (broad SMARTS) is 1. The molecule has 1 fully saturated rings. The largest absolute Gasteiger partial charge is 0.480 e. The number of hydrogen-bond acceptors (Lipinski definition) is 4. The van der Waals surface area contributed by atoms with Crippen molar-refractivity contribution < 1.29 is 14.6 Å². The van der Waals surface area contributed by atoms with Gasteiger partial charge in [-0.2, -0.15) is 11.8 Å². The van der Waals surface area contributed by atoms with Gasteiger partial charge in [-0.05, 0) is 24.5 Å². The average Bonchev–Trinajstić information content (AvgIpc) is 2.19. The Bertz CT molecular complexity index is 183. The maximum atomic E-state index is 10.4. The molecule has 1 atom stereocenters. The van der Waals surface area contributed by atoms with Crippen LogP contribution in [0.1, 0.15) is 12.8 Å². The quantitative estimate of drug-likeness (QED) is 0.707. The molecular weight excluding hydrogens is 202 g/mol. The van der Waals surface area contributed by atoms with Gasteiger partial charge in [0, 0.05) is 19.0 Å². The van der Waals surface area contributed by atoms with Gasteiger partial charge in [-0.3, -0.25) is 4.79 Å². The predicted octanol–water partition coefficient (Wildman–Crippen LogP) is 0.558. The first-order valence-corrected chi connectivity index (χ1v) is 5.99. The molecule has 1 aliphatic heterocycles. The van der Waals surface area contributed by atoms with Gasteiger partial charge in [0.05, 0.1) is 0 Å². The Morgan fingerprint density at radius 3 is 2.79 bits per heavy atom. The van der Waals surface area contributed by atoms with Crippen molar-refractivity contribution in [3.8, 4) is 0 Å². The first-order chi connectivity index (χ1) is 6.70. The van der Waals surface area contributed by atoms with E-state index in [4.69, 9.17) is 15.6 Å². The van der Waals surface area contributed by atoms with Crippen LogP contribution in [0.3, 0.4) is 0 Å². The molecule has 1 saturated heterocycles. The fourth-order valence-electron chi connectivity index (χ4n) is 1.35. The van der Waals surface area contributed by atoms with Gasteiger partial charge in [0.2, 0.25) is 0 Å². The molecule has 1 heterocycles. The van der Waals surface area contributed by atoms with E-state index in [-0.39, 0.29) is 0 Å². The van der Waals surface area contributed by atoms with Crippen molar-refractivity contribution in [2.24, 2.45) is 11.7 Å². The smallest absolute Gasteiger partial charge is 0.321 e. The van der Waals surface area contributed by atoms with E-state index < -0.39 is 12.0 Å². The zero-order valence-corrected chi connectivity index (χ0v) is 8.96. The van der Waals surface area contributed by atoms with Gasteiger partial charge < -0.3 is 15.6 Å². The van der Waals surface area contributed by atoms with Gasteiger partial charge in [0.25, 0.3) is 0 Å². The van der Waals surface area contributed by atoms with E-state index in [2.05, 4.69) is 0 Å². The number of aliphatic carboxylic acids is 1. The fraction of sp³-hybridized carbons (Fsp3) is 0.889. The van der Waals surface area contributed by atoms with Crippen LogP contribution in [0.4, 0.5) is 0 Å². The number of hydrogen-bond donors (Lipinski definition) is 2. The number of thioether (sulfide) groups is 1. The zero-order chi connectivity index (χ0) is 10.4. The lowest BCUT2D eigenvalue weighted by molar-refractivity contribution is -0.137. The number of nitrogens with two attached hydrogens (primary N) is 1. The molecule has 0 saturated carbocycles. The van der Waals surface area contributed by atoms with E-state index in [1.54, 1.807) is 11.8 Å². The van der Waals surface area contributed by atoms with Crippen molar-refractivity contribution >= 4 is 17.7 Å². The lowest BCUT2D eigenvalue weighted by Gasteiger charge is -2.21. The van der Waals surface area contributed by atoms with Crippen molar-refractivity contribution in [2.75, 3.05) is 24.7 Å². The molecule has 0 radical (unpaired) electrons. The Labute approximate surface area is 88.2 Å². The maximum Gasteiger partial charge on any atom is 0.321 e. The Kier molecular flexibility index (Phi) is 5.29. The Balaban J connectivity index is 2.05. The molecule has 1 unspecified atom stereocenters. The highest BCUT2D eigenvalue weighted by Crippen LogP contribution is 2.19. The third-order valence-corrected chi connectivity index (χ3v) is 3.61. The molecule has 3 N–H and O–H groups in total. The lowest BCUT2D eigenvalue weighted by atomic mass is 10.0. The average molecular weight is 219 g/mol. The third-order valence-electron chi connectivity index (χ3n) is 2.31. The van der Waals surface area contributed by atoms with Crippen LogP contribution >= 0.6 is 11.8 Å². The molecule has 0 aliphatic carbocycles. The van der Waals surface area contributed by atoms with E-state index in [0.29, 0.717) is 11.7 Å². The molecule has 4 nitrogen and oxygen atoms in total. The van der Waals surface area contributed by atoms with Gasteiger partial charge in [-0.25, -0.2) is 0 Å². The summed E-state index contributed by atoms with van der Waals surface area (Å²) in [7, 11) is 0. The summed E-state index contributed by atoms with van der Waals surface area (Å²) in [4.78, 5) is 10.4. The van der Waals surface area contributed by atoms with E-state index >= 15 is 0 Å². The van der Waals surface area contributed by atoms with E-state index in [1.165, 1.54) is 0 Å². The van der Waals surface area contributed by atoms with Crippen molar-refractivity contribution in [1.82, 2.24) is 0 Å². The zero-order valence-electron chi connectivity index (χ0n) is 8.15.